The van der Waals surface area contributed by atoms with E-state index in [0.29, 0.717) is 0 Å². The molecule has 0 atom stereocenters. The van der Waals surface area contributed by atoms with Crippen LogP contribution in [0.5, 0.6) is 0 Å². The Labute approximate surface area is 180 Å². The molecule has 2 aromatic rings. The first-order valence-electron chi connectivity index (χ1n) is 11.9. The van der Waals surface area contributed by atoms with Crippen molar-refractivity contribution < 1.29 is 4.57 Å². The van der Waals surface area contributed by atoms with Gasteiger partial charge in [-0.15, -0.1) is 0 Å². The van der Waals surface area contributed by atoms with Crippen LogP contribution in [0.1, 0.15) is 43.2 Å². The molecule has 0 N–H and O–H groups in total. The van der Waals surface area contributed by atoms with E-state index in [9.17, 15) is 0 Å². The van der Waals surface area contributed by atoms with Gasteiger partial charge >= 0.3 is 180 Å². The first kappa shape index (κ1) is 19.9. The van der Waals surface area contributed by atoms with E-state index in [2.05, 4.69) is 72.3 Å². The number of nitrogens with zero attached hydrogens (tertiary/aromatic N) is 1. The van der Waals surface area contributed by atoms with Crippen molar-refractivity contribution in [2.45, 2.75) is 62.7 Å². The molecule has 0 aliphatic heterocycles. The fourth-order valence-corrected chi connectivity index (χ4v) is 10.9. The van der Waals surface area contributed by atoms with Gasteiger partial charge in [-0.3, -0.25) is 0 Å². The molecule has 4 aliphatic rings. The number of rotatable bonds is 4. The third-order valence-corrected chi connectivity index (χ3v) is 12.8. The fraction of sp³-hybridized carbons (Fsp3) is 0.593. The molecule has 1 heterocycles. The Morgan fingerprint density at radius 3 is 2.14 bits per heavy atom. The molecule has 0 saturated heterocycles. The summed E-state index contributed by atoms with van der Waals surface area (Å²) in [4.78, 5) is 0. The van der Waals surface area contributed by atoms with Crippen molar-refractivity contribution in [2.75, 3.05) is 0 Å². The molecule has 1 aromatic heterocycles. The van der Waals surface area contributed by atoms with E-state index in [4.69, 9.17) is 0 Å². The third kappa shape index (κ3) is 3.62. The number of benzene rings is 1. The van der Waals surface area contributed by atoms with Crippen LogP contribution in [0, 0.1) is 36.5 Å². The average Bonchev–Trinajstić information content (AvgIpc) is 2.65. The first-order chi connectivity index (χ1) is 13.8. The van der Waals surface area contributed by atoms with Gasteiger partial charge in [0.2, 0.25) is 0 Å². The SMILES string of the molecule is Cc1ccccc1-c1cc(CC2C3CC4CC(C3)CC2C4)[c]([Ge]([CH3])([CH3])[CH3])c[n+]1C. The fourth-order valence-electron chi connectivity index (χ4n) is 7.29. The Kier molecular flexibility index (Phi) is 4.97. The van der Waals surface area contributed by atoms with Crippen molar-refractivity contribution in [1.82, 2.24) is 0 Å². The number of aryl methyl sites for hydroxylation is 2. The van der Waals surface area contributed by atoms with Crippen molar-refractivity contribution >= 4 is 17.7 Å². The van der Waals surface area contributed by atoms with E-state index in [-0.39, 0.29) is 0 Å². The Hall–Kier alpha value is -1.09. The van der Waals surface area contributed by atoms with Crippen LogP contribution >= 0.6 is 0 Å². The monoisotopic (exact) mass is 450 g/mol. The molecular formula is C27H38GeN+. The molecule has 4 fully saturated rings. The zero-order valence-electron chi connectivity index (χ0n) is 19.0. The van der Waals surface area contributed by atoms with Crippen molar-refractivity contribution in [3.63, 3.8) is 0 Å². The molecular weight excluding hydrogens is 411 g/mol. The van der Waals surface area contributed by atoms with Gasteiger partial charge in [0, 0.05) is 0 Å². The van der Waals surface area contributed by atoms with Crippen LogP contribution in [0.25, 0.3) is 11.3 Å². The van der Waals surface area contributed by atoms with Crippen LogP contribution in [0.4, 0.5) is 0 Å². The van der Waals surface area contributed by atoms with Gasteiger partial charge in [-0.25, -0.2) is 0 Å². The molecule has 0 unspecified atom stereocenters. The van der Waals surface area contributed by atoms with Crippen LogP contribution in [0.2, 0.25) is 17.3 Å². The van der Waals surface area contributed by atoms with E-state index < -0.39 is 13.3 Å². The maximum absolute atomic E-state index is 2.60. The quantitative estimate of drug-likeness (QED) is 0.420. The van der Waals surface area contributed by atoms with Crippen LogP contribution in [0.3, 0.4) is 0 Å². The number of pyridine rings is 1. The predicted octanol–water partition coefficient (Wildman–Crippen LogP) is 5.65. The Balaban J connectivity index is 1.56. The second kappa shape index (κ2) is 7.25. The van der Waals surface area contributed by atoms with Gasteiger partial charge in [0.15, 0.2) is 0 Å². The van der Waals surface area contributed by atoms with E-state index >= 15 is 0 Å². The van der Waals surface area contributed by atoms with Crippen molar-refractivity contribution in [3.8, 4) is 11.3 Å². The Morgan fingerprint density at radius 2 is 1.55 bits per heavy atom. The molecule has 6 rings (SSSR count). The summed E-state index contributed by atoms with van der Waals surface area (Å²) >= 11 is -1.94. The van der Waals surface area contributed by atoms with E-state index in [1.807, 2.05) is 0 Å². The normalized spacial score (nSPS) is 30.7. The summed E-state index contributed by atoms with van der Waals surface area (Å²) in [5.41, 5.74) is 5.88. The number of aromatic nitrogens is 1. The number of hydrogen-bond donors (Lipinski definition) is 0. The molecule has 29 heavy (non-hydrogen) atoms. The molecule has 1 nitrogen and oxygen atoms in total. The number of hydrogen-bond acceptors (Lipinski definition) is 0. The summed E-state index contributed by atoms with van der Waals surface area (Å²) in [6.45, 7) is 2.25. The van der Waals surface area contributed by atoms with Crippen LogP contribution in [-0.2, 0) is 13.5 Å². The molecule has 4 bridgehead atoms. The molecule has 4 saturated carbocycles. The van der Waals surface area contributed by atoms with Crippen molar-refractivity contribution in [3.05, 3.63) is 47.7 Å². The van der Waals surface area contributed by atoms with Crippen molar-refractivity contribution in [2.24, 2.45) is 36.6 Å². The van der Waals surface area contributed by atoms with Gasteiger partial charge in [0.1, 0.15) is 0 Å². The zero-order valence-corrected chi connectivity index (χ0v) is 21.1. The Morgan fingerprint density at radius 1 is 0.931 bits per heavy atom. The second-order valence-electron chi connectivity index (χ2n) is 11.6. The average molecular weight is 449 g/mol. The topological polar surface area (TPSA) is 3.88 Å². The third-order valence-electron chi connectivity index (χ3n) is 8.47. The standard InChI is InChI=1S/C27H38GeN/c1-18-8-6-7-9-24(18)27-16-23(26(17-29(27)5)28(2,3)4)15-25-21-11-19-10-20(13-21)14-22(25)12-19/h6-9,16-17,19-22,25H,10-15H2,1-5H3/q+1. The Bertz CT molecular complexity index is 895. The molecule has 2 heteroatoms. The summed E-state index contributed by atoms with van der Waals surface area (Å²) in [6.07, 6.45) is 11.6. The van der Waals surface area contributed by atoms with Gasteiger partial charge in [0.25, 0.3) is 0 Å². The second-order valence-corrected chi connectivity index (χ2v) is 22.1. The molecule has 0 radical (unpaired) electrons. The van der Waals surface area contributed by atoms with Crippen LogP contribution in [-0.4, -0.2) is 13.3 Å². The van der Waals surface area contributed by atoms with Crippen LogP contribution in [0.15, 0.2) is 36.5 Å². The van der Waals surface area contributed by atoms with Gasteiger partial charge < -0.3 is 0 Å². The molecule has 0 amide bonds. The van der Waals surface area contributed by atoms with Gasteiger partial charge in [0.05, 0.1) is 0 Å². The molecule has 154 valence electrons. The minimum atomic E-state index is -1.94. The van der Waals surface area contributed by atoms with Crippen LogP contribution < -0.4 is 8.96 Å². The zero-order chi connectivity index (χ0) is 20.3. The first-order valence-corrected chi connectivity index (χ1v) is 19.2. The van der Waals surface area contributed by atoms with E-state index in [1.54, 1.807) is 16.4 Å². The molecule has 0 spiro atoms. The maximum atomic E-state index is 2.60. The summed E-state index contributed by atoms with van der Waals surface area (Å²) in [5, 5.41) is 0. The summed E-state index contributed by atoms with van der Waals surface area (Å²) in [6, 6.07) is 11.5. The summed E-state index contributed by atoms with van der Waals surface area (Å²) < 4.78 is 4.15. The predicted molar refractivity (Wildman–Crippen MR) is 125 cm³/mol. The molecule has 1 aromatic carbocycles. The minimum absolute atomic E-state index is 0.948. The summed E-state index contributed by atoms with van der Waals surface area (Å²) in [5.74, 6) is 12.8. The van der Waals surface area contributed by atoms with Gasteiger partial charge in [-0.2, -0.15) is 0 Å². The van der Waals surface area contributed by atoms with E-state index in [1.165, 1.54) is 48.9 Å². The van der Waals surface area contributed by atoms with Gasteiger partial charge in [-0.1, -0.05) is 0 Å². The van der Waals surface area contributed by atoms with Crippen molar-refractivity contribution in [1.29, 1.82) is 0 Å². The van der Waals surface area contributed by atoms with Gasteiger partial charge in [-0.05, 0) is 0 Å². The molecule has 4 aliphatic carbocycles. The summed E-state index contributed by atoms with van der Waals surface area (Å²) in [7, 11) is 2.26. The van der Waals surface area contributed by atoms with E-state index in [0.717, 1.165) is 29.6 Å².